The smallest absolute Gasteiger partial charge is 0.159 e. The molecule has 0 bridgehead atoms. The van der Waals surface area contributed by atoms with Crippen LogP contribution in [0.15, 0.2) is 36.9 Å². The molecule has 0 aliphatic heterocycles. The van der Waals surface area contributed by atoms with Gasteiger partial charge in [0.2, 0.25) is 0 Å². The van der Waals surface area contributed by atoms with Crippen LogP contribution >= 0.6 is 0 Å². The second kappa shape index (κ2) is 9.67. The van der Waals surface area contributed by atoms with Gasteiger partial charge in [0, 0.05) is 43.1 Å². The third-order valence-corrected chi connectivity index (χ3v) is 6.19. The molecule has 174 valence electrons. The van der Waals surface area contributed by atoms with E-state index in [1.165, 1.54) is 0 Å². The molecule has 0 spiro atoms. The molecular weight excluding hydrogens is 435 g/mol. The Morgan fingerprint density at radius 1 is 0.971 bits per heavy atom. The highest BCUT2D eigenvalue weighted by Crippen LogP contribution is 2.38. The van der Waals surface area contributed by atoms with Gasteiger partial charge in [-0.1, -0.05) is 0 Å². The van der Waals surface area contributed by atoms with E-state index in [1.807, 2.05) is 20.8 Å². The van der Waals surface area contributed by atoms with Gasteiger partial charge in [0.05, 0.1) is 23.8 Å². The molecule has 4 rings (SSSR count). The summed E-state index contributed by atoms with van der Waals surface area (Å²) in [5, 5.41) is 0. The zero-order chi connectivity index (χ0) is 24.4. The topological polar surface area (TPSA) is 103 Å². The molecule has 1 aliphatic carbocycles. The standard InChI is InChI=1S/C26H25FN4O3/c1-14-6-18(26-30-11-19(27)12-31-26)7-15(2)23(14)24-22(33)9-17(25(24)34)8-21(32)5-4-20-13-28-16(3)10-29-20/h6-7,10-13,17,24H,4-5,8-9H2,1-3H3. The Morgan fingerprint density at radius 3 is 2.26 bits per heavy atom. The van der Waals surface area contributed by atoms with Gasteiger partial charge in [-0.15, -0.1) is 0 Å². The Labute approximate surface area is 196 Å². The zero-order valence-electron chi connectivity index (χ0n) is 19.3. The third kappa shape index (κ3) is 4.95. The highest BCUT2D eigenvalue weighted by molar-refractivity contribution is 6.15. The van der Waals surface area contributed by atoms with Gasteiger partial charge in [0.1, 0.15) is 17.5 Å². The number of benzene rings is 1. The molecule has 1 aliphatic rings. The fourth-order valence-electron chi connectivity index (χ4n) is 4.54. The van der Waals surface area contributed by atoms with Crippen LogP contribution in [0.1, 0.15) is 53.3 Å². The number of hydrogen-bond donors (Lipinski definition) is 0. The fraction of sp³-hybridized carbons (Fsp3) is 0.346. The Morgan fingerprint density at radius 2 is 1.65 bits per heavy atom. The van der Waals surface area contributed by atoms with Crippen molar-refractivity contribution in [1.82, 2.24) is 19.9 Å². The van der Waals surface area contributed by atoms with Crippen molar-refractivity contribution in [3.05, 3.63) is 70.8 Å². The maximum atomic E-state index is 13.2. The molecule has 0 amide bonds. The second-order valence-electron chi connectivity index (χ2n) is 8.84. The first-order chi connectivity index (χ1) is 16.2. The number of carbonyl (C=O) groups is 3. The van der Waals surface area contributed by atoms with Crippen LogP contribution in [0.25, 0.3) is 11.4 Å². The lowest BCUT2D eigenvalue weighted by Crippen LogP contribution is -2.19. The number of rotatable bonds is 7. The summed E-state index contributed by atoms with van der Waals surface area (Å²) in [7, 11) is 0. The van der Waals surface area contributed by atoms with Gasteiger partial charge in [-0.25, -0.2) is 14.4 Å². The Hall–Kier alpha value is -3.68. The van der Waals surface area contributed by atoms with E-state index >= 15 is 0 Å². The number of aromatic nitrogens is 4. The molecule has 2 atom stereocenters. The SMILES string of the molecule is Cc1cnc(CCC(=O)CC2CC(=O)C(c3c(C)cc(-c4ncc(F)cn4)cc3C)C2=O)cn1. The summed E-state index contributed by atoms with van der Waals surface area (Å²) >= 11 is 0. The third-order valence-electron chi connectivity index (χ3n) is 6.19. The van der Waals surface area contributed by atoms with Crippen molar-refractivity contribution in [2.45, 2.75) is 52.4 Å². The lowest BCUT2D eigenvalue weighted by molar-refractivity contribution is -0.127. The van der Waals surface area contributed by atoms with Crippen molar-refractivity contribution in [2.24, 2.45) is 5.92 Å². The first kappa shape index (κ1) is 23.5. The van der Waals surface area contributed by atoms with Crippen molar-refractivity contribution in [3.8, 4) is 11.4 Å². The average Bonchev–Trinajstić information content (AvgIpc) is 3.06. The minimum absolute atomic E-state index is 0.0555. The minimum Gasteiger partial charge on any atom is -0.300 e. The average molecular weight is 461 g/mol. The molecule has 7 nitrogen and oxygen atoms in total. The monoisotopic (exact) mass is 460 g/mol. The van der Waals surface area contributed by atoms with E-state index in [0.717, 1.165) is 34.9 Å². The Kier molecular flexibility index (Phi) is 6.68. The van der Waals surface area contributed by atoms with Crippen molar-refractivity contribution < 1.29 is 18.8 Å². The van der Waals surface area contributed by atoms with Crippen molar-refractivity contribution in [1.29, 1.82) is 0 Å². The van der Waals surface area contributed by atoms with Gasteiger partial charge in [-0.3, -0.25) is 24.4 Å². The molecule has 2 aromatic heterocycles. The molecule has 1 fully saturated rings. The molecule has 2 heterocycles. The van der Waals surface area contributed by atoms with E-state index in [2.05, 4.69) is 19.9 Å². The van der Waals surface area contributed by atoms with E-state index in [4.69, 9.17) is 0 Å². The predicted octanol–water partition coefficient (Wildman–Crippen LogP) is 3.83. The first-order valence-corrected chi connectivity index (χ1v) is 11.2. The van der Waals surface area contributed by atoms with E-state index < -0.39 is 17.7 Å². The maximum Gasteiger partial charge on any atom is 0.159 e. The molecule has 2 unspecified atom stereocenters. The van der Waals surface area contributed by atoms with Gasteiger partial charge in [0.25, 0.3) is 0 Å². The van der Waals surface area contributed by atoms with Gasteiger partial charge in [-0.05, 0) is 56.0 Å². The number of nitrogens with zero attached hydrogens (tertiary/aromatic N) is 4. The minimum atomic E-state index is -0.871. The highest BCUT2D eigenvalue weighted by Gasteiger charge is 2.43. The lowest BCUT2D eigenvalue weighted by Gasteiger charge is -2.17. The number of Topliss-reactive ketones (excluding diaryl/α,β-unsaturated/α-hetero) is 3. The van der Waals surface area contributed by atoms with Crippen LogP contribution in [-0.2, 0) is 20.8 Å². The molecule has 34 heavy (non-hydrogen) atoms. The first-order valence-electron chi connectivity index (χ1n) is 11.2. The van der Waals surface area contributed by atoms with E-state index in [9.17, 15) is 18.8 Å². The molecule has 1 saturated carbocycles. The van der Waals surface area contributed by atoms with Gasteiger partial charge >= 0.3 is 0 Å². The summed E-state index contributed by atoms with van der Waals surface area (Å²) in [6.07, 6.45) is 6.33. The molecule has 8 heteroatoms. The van der Waals surface area contributed by atoms with Crippen LogP contribution in [0.4, 0.5) is 4.39 Å². The van der Waals surface area contributed by atoms with Gasteiger partial charge in [0.15, 0.2) is 17.4 Å². The predicted molar refractivity (Wildman–Crippen MR) is 122 cm³/mol. The summed E-state index contributed by atoms with van der Waals surface area (Å²) in [5.41, 5.74) is 4.41. The van der Waals surface area contributed by atoms with E-state index in [-0.39, 0.29) is 36.6 Å². The number of carbonyl (C=O) groups excluding carboxylic acids is 3. The largest absolute Gasteiger partial charge is 0.300 e. The van der Waals surface area contributed by atoms with Crippen molar-refractivity contribution >= 4 is 17.3 Å². The van der Waals surface area contributed by atoms with Crippen LogP contribution in [0.2, 0.25) is 0 Å². The van der Waals surface area contributed by atoms with Crippen LogP contribution < -0.4 is 0 Å². The molecule has 1 aromatic carbocycles. The quantitative estimate of drug-likeness (QED) is 0.494. The normalized spacial score (nSPS) is 17.9. The maximum absolute atomic E-state index is 13.2. The number of ketones is 3. The fourth-order valence-corrected chi connectivity index (χ4v) is 4.54. The summed E-state index contributed by atoms with van der Waals surface area (Å²) in [5.74, 6) is -2.06. The number of hydrogen-bond acceptors (Lipinski definition) is 7. The summed E-state index contributed by atoms with van der Waals surface area (Å²) in [6.45, 7) is 5.50. The molecule has 0 saturated heterocycles. The molecular formula is C26H25FN4O3. The summed E-state index contributed by atoms with van der Waals surface area (Å²) in [4.78, 5) is 55.1. The van der Waals surface area contributed by atoms with Crippen LogP contribution in [0.3, 0.4) is 0 Å². The summed E-state index contributed by atoms with van der Waals surface area (Å²) in [6, 6.07) is 3.61. The second-order valence-corrected chi connectivity index (χ2v) is 8.84. The van der Waals surface area contributed by atoms with Crippen LogP contribution in [-0.4, -0.2) is 37.3 Å². The Bertz CT molecular complexity index is 1230. The van der Waals surface area contributed by atoms with Crippen molar-refractivity contribution in [3.63, 3.8) is 0 Å². The van der Waals surface area contributed by atoms with E-state index in [1.54, 1.807) is 24.5 Å². The van der Waals surface area contributed by atoms with Crippen molar-refractivity contribution in [2.75, 3.05) is 0 Å². The number of halogens is 1. The number of aryl methyl sites for hydroxylation is 4. The van der Waals surface area contributed by atoms with Gasteiger partial charge in [-0.2, -0.15) is 0 Å². The van der Waals surface area contributed by atoms with E-state index in [0.29, 0.717) is 23.4 Å². The molecule has 0 N–H and O–H groups in total. The molecule has 0 radical (unpaired) electrons. The zero-order valence-corrected chi connectivity index (χ0v) is 19.3. The van der Waals surface area contributed by atoms with Crippen LogP contribution in [0, 0.1) is 32.5 Å². The van der Waals surface area contributed by atoms with Crippen LogP contribution in [0.5, 0.6) is 0 Å². The Balaban J connectivity index is 1.47. The lowest BCUT2D eigenvalue weighted by atomic mass is 9.85. The molecule has 3 aromatic rings. The summed E-state index contributed by atoms with van der Waals surface area (Å²) < 4.78 is 13.2. The van der Waals surface area contributed by atoms with Gasteiger partial charge < -0.3 is 0 Å². The highest BCUT2D eigenvalue weighted by atomic mass is 19.1.